The number of carbonyl (C=O) groups excluding carboxylic acids is 4. The van der Waals surface area contributed by atoms with E-state index in [1.165, 1.54) is 4.90 Å². The Hall–Kier alpha value is -4.15. The van der Waals surface area contributed by atoms with E-state index in [0.29, 0.717) is 16.3 Å². The average Bonchev–Trinajstić information content (AvgIpc) is 3.15. The molecule has 1 heterocycles. The molecule has 0 bridgehead atoms. The van der Waals surface area contributed by atoms with Gasteiger partial charge in [0, 0.05) is 44.9 Å². The average molecular weight is 591 g/mol. The van der Waals surface area contributed by atoms with Crippen LogP contribution in [0.25, 0.3) is 0 Å². The van der Waals surface area contributed by atoms with Gasteiger partial charge >= 0.3 is 18.1 Å². The Balaban J connectivity index is 0.00000101. The Labute approximate surface area is 231 Å². The number of carboxylic acids is 1. The smallest absolute Gasteiger partial charge is 0.475 e. The van der Waals surface area contributed by atoms with Crippen molar-refractivity contribution in [2.75, 3.05) is 34.3 Å². The normalized spacial score (nSPS) is 17.4. The number of nitrogen functional groups attached to an aromatic ring is 1. The Bertz CT molecular complexity index is 1160. The summed E-state index contributed by atoms with van der Waals surface area (Å²) >= 11 is 1.16. The molecule has 0 aromatic heterocycles. The summed E-state index contributed by atoms with van der Waals surface area (Å²) in [5, 5.41) is 17.1. The minimum atomic E-state index is -5.08. The summed E-state index contributed by atoms with van der Waals surface area (Å²) in [5.74, 6) is -4.53. The number of likely N-dealkylation sites (N-methyl/N-ethyl adjacent to an activating group) is 1. The van der Waals surface area contributed by atoms with Crippen molar-refractivity contribution < 1.29 is 47.0 Å². The standard InChI is InChI=1S/C21H28N6O5S.C2HF3O2/c1-12-17(20(31)24-10-9-16(29)32-11-15(28)26(2)3)33-21(27(12)4)25-19(30)14-7-5-13(6-8-14)18(22)23;3-2(4,5)1(6)7/h5-8,12,17H,9-11H2,1-4H3,(H3,22,23)(H,24,31);(H,6,7). The van der Waals surface area contributed by atoms with Gasteiger partial charge in [-0.1, -0.05) is 23.9 Å². The number of ether oxygens (including phenoxy) is 1. The van der Waals surface area contributed by atoms with Crippen LogP contribution < -0.4 is 11.1 Å². The van der Waals surface area contributed by atoms with E-state index in [2.05, 4.69) is 10.3 Å². The number of hydrogen-bond donors (Lipinski definition) is 4. The molecule has 3 amide bonds. The van der Waals surface area contributed by atoms with Crippen LogP contribution in [0.4, 0.5) is 13.2 Å². The van der Waals surface area contributed by atoms with Crippen LogP contribution in [0, 0.1) is 5.41 Å². The van der Waals surface area contributed by atoms with Crippen LogP contribution in [0.15, 0.2) is 29.3 Å². The summed E-state index contributed by atoms with van der Waals surface area (Å²) in [5.41, 5.74) is 6.27. The molecule has 2 rings (SSSR count). The summed E-state index contributed by atoms with van der Waals surface area (Å²) < 4.78 is 36.6. The number of hydrogen-bond acceptors (Lipinski definition) is 8. The summed E-state index contributed by atoms with van der Waals surface area (Å²) in [6, 6.07) is 6.00. The molecule has 1 aromatic rings. The zero-order valence-corrected chi connectivity index (χ0v) is 22.8. The van der Waals surface area contributed by atoms with E-state index in [1.807, 2.05) is 6.92 Å². The van der Waals surface area contributed by atoms with E-state index in [9.17, 15) is 32.3 Å². The number of esters is 1. The van der Waals surface area contributed by atoms with Crippen molar-refractivity contribution in [2.45, 2.75) is 30.8 Å². The number of halogens is 3. The molecule has 2 atom stereocenters. The lowest BCUT2D eigenvalue weighted by Crippen LogP contribution is -2.41. The highest BCUT2D eigenvalue weighted by Gasteiger charge is 2.39. The van der Waals surface area contributed by atoms with Gasteiger partial charge in [0.15, 0.2) is 11.8 Å². The van der Waals surface area contributed by atoms with E-state index >= 15 is 0 Å². The summed E-state index contributed by atoms with van der Waals surface area (Å²) in [4.78, 5) is 64.4. The van der Waals surface area contributed by atoms with Crippen molar-refractivity contribution in [1.82, 2.24) is 15.1 Å². The minimum Gasteiger partial charge on any atom is -0.475 e. The molecule has 0 radical (unpaired) electrons. The second kappa shape index (κ2) is 14.9. The molecule has 1 aliphatic heterocycles. The SMILES string of the molecule is CC1C(C(=O)NCCC(=O)OCC(=O)N(C)C)SC(=NC(=O)c2ccc(C(=N)N)cc2)N1C.O=C(O)C(F)(F)F. The van der Waals surface area contributed by atoms with E-state index in [0.717, 1.165) is 11.8 Å². The van der Waals surface area contributed by atoms with Crippen molar-refractivity contribution in [2.24, 2.45) is 10.7 Å². The van der Waals surface area contributed by atoms with Crippen LogP contribution in [0.3, 0.4) is 0 Å². The van der Waals surface area contributed by atoms with Crippen molar-refractivity contribution in [3.05, 3.63) is 35.4 Å². The molecule has 13 nitrogen and oxygen atoms in total. The van der Waals surface area contributed by atoms with Gasteiger partial charge in [0.05, 0.1) is 6.42 Å². The maximum absolute atomic E-state index is 12.6. The Morgan fingerprint density at radius 3 is 2.17 bits per heavy atom. The fourth-order valence-corrected chi connectivity index (χ4v) is 3.99. The lowest BCUT2D eigenvalue weighted by Gasteiger charge is -2.19. The van der Waals surface area contributed by atoms with Crippen molar-refractivity contribution in [3.8, 4) is 0 Å². The number of alkyl halides is 3. The molecule has 5 N–H and O–H groups in total. The van der Waals surface area contributed by atoms with Crippen molar-refractivity contribution >= 4 is 52.4 Å². The predicted octanol–water partition coefficient (Wildman–Crippen LogP) is 0.674. The number of thioether (sulfide) groups is 1. The number of nitrogens with zero attached hydrogens (tertiary/aromatic N) is 3. The monoisotopic (exact) mass is 590 g/mol. The first-order valence-corrected chi connectivity index (χ1v) is 12.2. The number of amidine groups is 2. The third-order valence-corrected chi connectivity index (χ3v) is 6.66. The number of carboxylic acid groups (broad SMARTS) is 1. The number of carbonyl (C=O) groups is 5. The quantitative estimate of drug-likeness (QED) is 0.190. The van der Waals surface area contributed by atoms with Gasteiger partial charge in [0.1, 0.15) is 11.1 Å². The van der Waals surface area contributed by atoms with Gasteiger partial charge in [-0.3, -0.25) is 24.6 Å². The van der Waals surface area contributed by atoms with Crippen LogP contribution in [0.1, 0.15) is 29.3 Å². The molecule has 220 valence electrons. The lowest BCUT2D eigenvalue weighted by molar-refractivity contribution is -0.192. The molecule has 0 saturated carbocycles. The molecule has 1 aliphatic rings. The highest BCUT2D eigenvalue weighted by molar-refractivity contribution is 8.15. The molecule has 1 aromatic carbocycles. The number of nitrogens with one attached hydrogen (secondary N) is 2. The Morgan fingerprint density at radius 2 is 1.70 bits per heavy atom. The van der Waals surface area contributed by atoms with Gasteiger partial charge in [-0.05, 0) is 19.1 Å². The summed E-state index contributed by atoms with van der Waals surface area (Å²) in [6.45, 7) is 1.56. The first-order valence-electron chi connectivity index (χ1n) is 11.4. The zero-order valence-electron chi connectivity index (χ0n) is 21.9. The Kier molecular flexibility index (Phi) is 12.6. The minimum absolute atomic E-state index is 0.0647. The van der Waals surface area contributed by atoms with Gasteiger partial charge in [-0.25, -0.2) is 4.79 Å². The second-order valence-electron chi connectivity index (χ2n) is 8.37. The number of aliphatic imine (C=N–C) groups is 1. The number of amides is 3. The van der Waals surface area contributed by atoms with E-state index in [1.54, 1.807) is 50.3 Å². The largest absolute Gasteiger partial charge is 0.490 e. The molecule has 0 aliphatic carbocycles. The van der Waals surface area contributed by atoms with Crippen LogP contribution in [0.5, 0.6) is 0 Å². The number of nitrogens with two attached hydrogens (primary N) is 1. The first kappa shape index (κ1) is 33.9. The van der Waals surface area contributed by atoms with Crippen LogP contribution in [0.2, 0.25) is 0 Å². The fourth-order valence-electron chi connectivity index (χ4n) is 2.73. The number of aliphatic carboxylic acids is 1. The zero-order chi connectivity index (χ0) is 30.8. The van der Waals surface area contributed by atoms with Gasteiger partial charge in [-0.2, -0.15) is 18.2 Å². The number of benzene rings is 1. The molecule has 17 heteroatoms. The van der Waals surface area contributed by atoms with Crippen LogP contribution in [-0.2, 0) is 23.9 Å². The first-order chi connectivity index (χ1) is 18.4. The summed E-state index contributed by atoms with van der Waals surface area (Å²) in [7, 11) is 4.86. The second-order valence-corrected chi connectivity index (χ2v) is 9.48. The lowest BCUT2D eigenvalue weighted by atomic mass is 10.1. The molecule has 1 saturated heterocycles. The highest BCUT2D eigenvalue weighted by Crippen LogP contribution is 2.31. The van der Waals surface area contributed by atoms with Crippen LogP contribution in [-0.4, -0.2) is 107 Å². The third kappa shape index (κ3) is 10.5. The van der Waals surface area contributed by atoms with Crippen molar-refractivity contribution in [3.63, 3.8) is 0 Å². The van der Waals surface area contributed by atoms with Gasteiger partial charge in [0.2, 0.25) is 5.91 Å². The number of rotatable bonds is 8. The molecule has 40 heavy (non-hydrogen) atoms. The summed E-state index contributed by atoms with van der Waals surface area (Å²) in [6.07, 6.45) is -5.15. The molecular weight excluding hydrogens is 561 g/mol. The van der Waals surface area contributed by atoms with E-state index in [4.69, 9.17) is 25.8 Å². The molecule has 1 fully saturated rings. The van der Waals surface area contributed by atoms with Gasteiger partial charge in [-0.15, -0.1) is 0 Å². The van der Waals surface area contributed by atoms with E-state index in [-0.39, 0.29) is 43.3 Å². The topological polar surface area (TPSA) is 196 Å². The van der Waals surface area contributed by atoms with Gasteiger partial charge < -0.3 is 30.7 Å². The maximum Gasteiger partial charge on any atom is 0.490 e. The van der Waals surface area contributed by atoms with E-state index < -0.39 is 29.3 Å². The predicted molar refractivity (Wildman–Crippen MR) is 139 cm³/mol. The van der Waals surface area contributed by atoms with Crippen molar-refractivity contribution in [1.29, 1.82) is 5.41 Å². The molecule has 2 unspecified atom stereocenters. The molecular formula is C23H29F3N6O7S. The van der Waals surface area contributed by atoms with Gasteiger partial charge in [0.25, 0.3) is 11.8 Å². The molecule has 0 spiro atoms. The van der Waals surface area contributed by atoms with Crippen LogP contribution >= 0.6 is 11.8 Å². The third-order valence-electron chi connectivity index (χ3n) is 5.21. The maximum atomic E-state index is 12.6. The Morgan fingerprint density at radius 1 is 1.18 bits per heavy atom. The fraction of sp³-hybridized carbons (Fsp3) is 0.435. The highest BCUT2D eigenvalue weighted by atomic mass is 32.2.